The van der Waals surface area contributed by atoms with Gasteiger partial charge in [0.05, 0.1) is 46.2 Å². The van der Waals surface area contributed by atoms with Gasteiger partial charge in [-0.1, -0.05) is 48.5 Å². The smallest absolute Gasteiger partial charge is 0.416 e. The summed E-state index contributed by atoms with van der Waals surface area (Å²) in [7, 11) is 0. The number of benzene rings is 4. The maximum Gasteiger partial charge on any atom is 0.416 e. The number of fused-ring (bicyclic) bond motifs is 2. The fourth-order valence-electron chi connectivity index (χ4n) is 4.96. The molecule has 7 nitrogen and oxygen atoms in total. The van der Waals surface area contributed by atoms with E-state index in [0.29, 0.717) is 27.6 Å². The number of amides is 1. The number of rotatable bonds is 7. The number of nitrogens with zero attached hydrogens (tertiary/aromatic N) is 3. The summed E-state index contributed by atoms with van der Waals surface area (Å²) in [5.41, 5.74) is 3.01. The molecule has 4 aromatic carbocycles. The number of carbonyl (C=O) groups excluding carboxylic acids is 1. The topological polar surface area (TPSA) is 97.1 Å². The molecule has 2 N–H and O–H groups in total. The van der Waals surface area contributed by atoms with Crippen LogP contribution in [0.15, 0.2) is 103 Å². The van der Waals surface area contributed by atoms with Crippen molar-refractivity contribution >= 4 is 33.7 Å². The number of carboxylic acid groups (broad SMARTS) is 1. The Kier molecular flexibility index (Phi) is 7.11. The summed E-state index contributed by atoms with van der Waals surface area (Å²) in [6.45, 7) is 0.364. The first-order valence-electron chi connectivity index (χ1n) is 13.3. The number of aromatic nitrogens is 3. The van der Waals surface area contributed by atoms with E-state index in [1.54, 1.807) is 41.2 Å². The molecule has 0 fully saturated rings. The van der Waals surface area contributed by atoms with Crippen molar-refractivity contribution in [2.24, 2.45) is 0 Å². The predicted molar refractivity (Wildman–Crippen MR) is 156 cm³/mol. The van der Waals surface area contributed by atoms with Crippen LogP contribution in [0.25, 0.3) is 32.9 Å². The SMILES string of the molecule is O=C(O)c1ccc(CNC(=O)c2cc(-c3cccc(C(F)(F)F)c3)cc3cnn(Cc4ccc5ccccc5n4)c23)cc1. The molecule has 0 saturated carbocycles. The fourth-order valence-corrected chi connectivity index (χ4v) is 4.96. The first-order chi connectivity index (χ1) is 20.7. The van der Waals surface area contributed by atoms with Crippen LogP contribution in [-0.2, 0) is 19.3 Å². The van der Waals surface area contributed by atoms with Crippen LogP contribution < -0.4 is 5.32 Å². The van der Waals surface area contributed by atoms with Crippen LogP contribution in [0.1, 0.15) is 37.5 Å². The summed E-state index contributed by atoms with van der Waals surface area (Å²) < 4.78 is 42.1. The highest BCUT2D eigenvalue weighted by Crippen LogP contribution is 2.34. The molecular weight excluding hydrogens is 557 g/mol. The van der Waals surface area contributed by atoms with Crippen molar-refractivity contribution in [1.82, 2.24) is 20.1 Å². The summed E-state index contributed by atoms with van der Waals surface area (Å²) in [5, 5.41) is 18.1. The summed E-state index contributed by atoms with van der Waals surface area (Å²) in [4.78, 5) is 29.5. The zero-order valence-electron chi connectivity index (χ0n) is 22.5. The van der Waals surface area contributed by atoms with Crippen LogP contribution in [-0.4, -0.2) is 31.7 Å². The van der Waals surface area contributed by atoms with E-state index in [0.717, 1.165) is 28.7 Å². The molecule has 2 heterocycles. The van der Waals surface area contributed by atoms with Crippen LogP contribution in [0.5, 0.6) is 0 Å². The van der Waals surface area contributed by atoms with E-state index in [4.69, 9.17) is 10.1 Å². The van der Waals surface area contributed by atoms with Gasteiger partial charge in [0.15, 0.2) is 0 Å². The number of aromatic carboxylic acids is 1. The molecule has 0 aliphatic carbocycles. The molecule has 0 unspecified atom stereocenters. The first-order valence-corrected chi connectivity index (χ1v) is 13.3. The molecule has 0 bridgehead atoms. The third-order valence-electron chi connectivity index (χ3n) is 7.12. The quantitative estimate of drug-likeness (QED) is 0.213. The molecule has 0 spiro atoms. The molecule has 43 heavy (non-hydrogen) atoms. The van der Waals surface area contributed by atoms with Crippen molar-refractivity contribution in [3.63, 3.8) is 0 Å². The van der Waals surface area contributed by atoms with Crippen molar-refractivity contribution in [3.05, 3.63) is 131 Å². The molecule has 0 saturated heterocycles. The van der Waals surface area contributed by atoms with Crippen LogP contribution in [0.3, 0.4) is 0 Å². The Morgan fingerprint density at radius 3 is 2.40 bits per heavy atom. The normalized spacial score (nSPS) is 11.6. The minimum absolute atomic E-state index is 0.106. The standard InChI is InChI=1S/C33H23F3N4O3/c34-33(35,36)26-6-3-5-23(15-26)24-14-25-18-38-40(19-27-13-12-21-4-1-2-7-29(21)39-27)30(25)28(16-24)31(41)37-17-20-8-10-22(11-9-20)32(42)43/h1-16,18H,17,19H2,(H,37,41)(H,42,43). The molecule has 10 heteroatoms. The lowest BCUT2D eigenvalue weighted by molar-refractivity contribution is -0.137. The second kappa shape index (κ2) is 11.1. The molecule has 0 aliphatic rings. The average Bonchev–Trinajstić information content (AvgIpc) is 3.41. The van der Waals surface area contributed by atoms with Gasteiger partial charge in [-0.05, 0) is 65.2 Å². The second-order valence-corrected chi connectivity index (χ2v) is 10.0. The number of pyridine rings is 1. The lowest BCUT2D eigenvalue weighted by Crippen LogP contribution is -2.24. The minimum Gasteiger partial charge on any atom is -0.478 e. The van der Waals surface area contributed by atoms with Gasteiger partial charge in [0.25, 0.3) is 5.91 Å². The van der Waals surface area contributed by atoms with E-state index >= 15 is 0 Å². The van der Waals surface area contributed by atoms with Crippen molar-refractivity contribution < 1.29 is 27.9 Å². The Bertz CT molecular complexity index is 2000. The lowest BCUT2D eigenvalue weighted by Gasteiger charge is -2.13. The number of carbonyl (C=O) groups is 2. The minimum atomic E-state index is -4.52. The summed E-state index contributed by atoms with van der Waals surface area (Å²) >= 11 is 0. The van der Waals surface area contributed by atoms with Gasteiger partial charge in [-0.2, -0.15) is 18.3 Å². The second-order valence-electron chi connectivity index (χ2n) is 10.0. The van der Waals surface area contributed by atoms with E-state index in [1.807, 2.05) is 36.4 Å². The maximum absolute atomic E-state index is 13.7. The first kappa shape index (κ1) is 27.6. The monoisotopic (exact) mass is 580 g/mol. The third kappa shape index (κ3) is 5.80. The van der Waals surface area contributed by atoms with Crippen LogP contribution >= 0.6 is 0 Å². The van der Waals surface area contributed by atoms with E-state index in [2.05, 4.69) is 10.4 Å². The number of para-hydroxylation sites is 1. The largest absolute Gasteiger partial charge is 0.478 e. The molecule has 0 atom stereocenters. The van der Waals surface area contributed by atoms with Crippen molar-refractivity contribution in [2.45, 2.75) is 19.3 Å². The Morgan fingerprint density at radius 1 is 0.837 bits per heavy atom. The van der Waals surface area contributed by atoms with E-state index in [9.17, 15) is 22.8 Å². The molecule has 6 aromatic rings. The van der Waals surface area contributed by atoms with Gasteiger partial charge in [0.2, 0.25) is 0 Å². The van der Waals surface area contributed by atoms with Gasteiger partial charge in [-0.3, -0.25) is 14.5 Å². The van der Waals surface area contributed by atoms with Crippen LogP contribution in [0.4, 0.5) is 13.2 Å². The van der Waals surface area contributed by atoms with Crippen molar-refractivity contribution in [3.8, 4) is 11.1 Å². The molecule has 214 valence electrons. The fraction of sp³-hybridized carbons (Fsp3) is 0.0909. The van der Waals surface area contributed by atoms with Gasteiger partial charge in [0, 0.05) is 17.3 Å². The molecule has 1 amide bonds. The van der Waals surface area contributed by atoms with Gasteiger partial charge in [-0.25, -0.2) is 4.79 Å². The number of nitrogens with one attached hydrogen (secondary N) is 1. The third-order valence-corrected chi connectivity index (χ3v) is 7.12. The van der Waals surface area contributed by atoms with Crippen LogP contribution in [0, 0.1) is 0 Å². The molecule has 0 aliphatic heterocycles. The van der Waals surface area contributed by atoms with Crippen molar-refractivity contribution in [2.75, 3.05) is 0 Å². The number of hydrogen-bond donors (Lipinski definition) is 2. The number of carboxylic acids is 1. The summed E-state index contributed by atoms with van der Waals surface area (Å²) in [5.74, 6) is -1.52. The van der Waals surface area contributed by atoms with Gasteiger partial charge < -0.3 is 10.4 Å². The van der Waals surface area contributed by atoms with Gasteiger partial charge in [-0.15, -0.1) is 0 Å². The van der Waals surface area contributed by atoms with Gasteiger partial charge >= 0.3 is 12.1 Å². The Balaban J connectivity index is 1.39. The zero-order valence-corrected chi connectivity index (χ0v) is 22.5. The van der Waals surface area contributed by atoms with E-state index in [-0.39, 0.29) is 24.2 Å². The highest BCUT2D eigenvalue weighted by atomic mass is 19.4. The molecular formula is C33H23F3N4O3. The summed E-state index contributed by atoms with van der Waals surface area (Å²) in [6, 6.07) is 25.9. The number of hydrogen-bond acceptors (Lipinski definition) is 4. The average molecular weight is 581 g/mol. The van der Waals surface area contributed by atoms with Gasteiger partial charge in [0.1, 0.15) is 0 Å². The van der Waals surface area contributed by atoms with E-state index in [1.165, 1.54) is 18.2 Å². The Morgan fingerprint density at radius 2 is 1.63 bits per heavy atom. The highest BCUT2D eigenvalue weighted by molar-refractivity contribution is 6.07. The van der Waals surface area contributed by atoms with Crippen molar-refractivity contribution in [1.29, 1.82) is 0 Å². The summed E-state index contributed by atoms with van der Waals surface area (Å²) in [6.07, 6.45) is -2.94. The van der Waals surface area contributed by atoms with Crippen LogP contribution in [0.2, 0.25) is 0 Å². The number of alkyl halides is 3. The molecule has 6 rings (SSSR count). The predicted octanol–water partition coefficient (Wildman–Crippen LogP) is 6.95. The maximum atomic E-state index is 13.7. The highest BCUT2D eigenvalue weighted by Gasteiger charge is 2.30. The Hall–Kier alpha value is -5.51. The molecule has 0 radical (unpaired) electrons. The lowest BCUT2D eigenvalue weighted by atomic mass is 9.98. The Labute approximate surface area is 243 Å². The molecule has 2 aromatic heterocycles. The van der Waals surface area contributed by atoms with E-state index < -0.39 is 23.6 Å². The number of halogens is 3. The zero-order chi connectivity index (χ0) is 30.1.